The van der Waals surface area contributed by atoms with E-state index in [1.165, 1.54) is 19.3 Å². The predicted molar refractivity (Wildman–Crippen MR) is 121 cm³/mol. The monoisotopic (exact) mass is 412 g/mol. The van der Waals surface area contributed by atoms with Crippen molar-refractivity contribution >= 4 is 5.97 Å². The fourth-order valence-corrected chi connectivity index (χ4v) is 3.28. The standard InChI is InChI=1S/C25H36N2O3/c1-5-7-8-9-10-20(4)30-24(28)16-19(3)21-11-13-22(14-12-21)25-26-17-23(18-27-25)29-15-6-2/h11-14,17-20H,5-10,15-16H2,1-4H3. The highest BCUT2D eigenvalue weighted by Gasteiger charge is 2.15. The summed E-state index contributed by atoms with van der Waals surface area (Å²) in [7, 11) is 0. The number of unbranched alkanes of at least 4 members (excludes halogenated alkanes) is 3. The molecular weight excluding hydrogens is 376 g/mol. The van der Waals surface area contributed by atoms with Gasteiger partial charge in [-0.15, -0.1) is 0 Å². The number of ether oxygens (including phenoxy) is 2. The number of hydrogen-bond donors (Lipinski definition) is 0. The lowest BCUT2D eigenvalue weighted by atomic mass is 9.96. The summed E-state index contributed by atoms with van der Waals surface area (Å²) < 4.78 is 11.1. The van der Waals surface area contributed by atoms with Crippen LogP contribution >= 0.6 is 0 Å². The molecule has 164 valence electrons. The number of carbonyl (C=O) groups is 1. The third kappa shape index (κ3) is 8.13. The Balaban J connectivity index is 1.84. The Bertz CT molecular complexity index is 744. The van der Waals surface area contributed by atoms with Gasteiger partial charge < -0.3 is 9.47 Å². The highest BCUT2D eigenvalue weighted by Crippen LogP contribution is 2.24. The lowest BCUT2D eigenvalue weighted by Gasteiger charge is -2.16. The molecule has 2 atom stereocenters. The van der Waals surface area contributed by atoms with E-state index in [2.05, 4.69) is 30.7 Å². The Kier molecular flexibility index (Phi) is 10.3. The van der Waals surface area contributed by atoms with Crippen molar-refractivity contribution in [1.82, 2.24) is 9.97 Å². The van der Waals surface area contributed by atoms with E-state index in [1.807, 2.05) is 31.2 Å². The van der Waals surface area contributed by atoms with Gasteiger partial charge in [0.25, 0.3) is 0 Å². The summed E-state index contributed by atoms with van der Waals surface area (Å²) >= 11 is 0. The van der Waals surface area contributed by atoms with Crippen molar-refractivity contribution in [1.29, 1.82) is 0 Å². The number of nitrogens with zero attached hydrogens (tertiary/aromatic N) is 2. The normalized spacial score (nSPS) is 12.9. The minimum Gasteiger partial charge on any atom is -0.490 e. The van der Waals surface area contributed by atoms with E-state index in [4.69, 9.17) is 9.47 Å². The van der Waals surface area contributed by atoms with Crippen LogP contribution in [-0.4, -0.2) is 28.6 Å². The van der Waals surface area contributed by atoms with Crippen LogP contribution in [0.25, 0.3) is 11.4 Å². The van der Waals surface area contributed by atoms with Crippen molar-refractivity contribution < 1.29 is 14.3 Å². The van der Waals surface area contributed by atoms with Gasteiger partial charge in [0.05, 0.1) is 31.5 Å². The van der Waals surface area contributed by atoms with Gasteiger partial charge in [0, 0.05) is 5.56 Å². The summed E-state index contributed by atoms with van der Waals surface area (Å²) in [5.41, 5.74) is 2.05. The SMILES string of the molecule is CCCCCCC(C)OC(=O)CC(C)c1ccc(-c2ncc(OCCC)cn2)cc1. The number of benzene rings is 1. The van der Waals surface area contributed by atoms with E-state index < -0.39 is 0 Å². The van der Waals surface area contributed by atoms with Gasteiger partial charge in [0.2, 0.25) is 0 Å². The lowest BCUT2D eigenvalue weighted by molar-refractivity contribution is -0.148. The fraction of sp³-hybridized carbons (Fsp3) is 0.560. The maximum absolute atomic E-state index is 12.3. The molecule has 2 unspecified atom stereocenters. The third-order valence-electron chi connectivity index (χ3n) is 5.11. The second-order valence-corrected chi connectivity index (χ2v) is 7.97. The zero-order valence-corrected chi connectivity index (χ0v) is 18.9. The van der Waals surface area contributed by atoms with Crippen LogP contribution < -0.4 is 4.74 Å². The smallest absolute Gasteiger partial charge is 0.306 e. The Morgan fingerprint density at radius 3 is 2.30 bits per heavy atom. The van der Waals surface area contributed by atoms with Gasteiger partial charge in [-0.1, -0.05) is 64.3 Å². The van der Waals surface area contributed by atoms with Crippen molar-refractivity contribution in [2.75, 3.05) is 6.61 Å². The quantitative estimate of drug-likeness (QED) is 0.284. The first-order valence-electron chi connectivity index (χ1n) is 11.3. The zero-order valence-electron chi connectivity index (χ0n) is 18.9. The van der Waals surface area contributed by atoms with Crippen LogP contribution in [-0.2, 0) is 9.53 Å². The second-order valence-electron chi connectivity index (χ2n) is 7.97. The fourth-order valence-electron chi connectivity index (χ4n) is 3.28. The molecule has 0 radical (unpaired) electrons. The minimum absolute atomic E-state index is 0.00893. The molecule has 0 amide bonds. The minimum atomic E-state index is -0.124. The molecule has 1 heterocycles. The van der Waals surface area contributed by atoms with Crippen molar-refractivity contribution in [2.45, 2.75) is 84.7 Å². The van der Waals surface area contributed by atoms with Crippen molar-refractivity contribution in [3.8, 4) is 17.1 Å². The largest absolute Gasteiger partial charge is 0.490 e. The van der Waals surface area contributed by atoms with Crippen LogP contribution in [0, 0.1) is 0 Å². The first-order chi connectivity index (χ1) is 14.5. The van der Waals surface area contributed by atoms with E-state index in [1.54, 1.807) is 12.4 Å². The summed E-state index contributed by atoms with van der Waals surface area (Å²) in [5.74, 6) is 1.32. The topological polar surface area (TPSA) is 61.3 Å². The Hall–Kier alpha value is -2.43. The van der Waals surface area contributed by atoms with Crippen LogP contribution in [0.1, 0.15) is 84.1 Å². The van der Waals surface area contributed by atoms with E-state index in [0.717, 1.165) is 30.4 Å². The summed E-state index contributed by atoms with van der Waals surface area (Å²) in [6, 6.07) is 8.06. The summed E-state index contributed by atoms with van der Waals surface area (Å²) in [6.07, 6.45) is 10.5. The third-order valence-corrected chi connectivity index (χ3v) is 5.11. The van der Waals surface area contributed by atoms with E-state index >= 15 is 0 Å². The van der Waals surface area contributed by atoms with Crippen molar-refractivity contribution in [3.05, 3.63) is 42.2 Å². The van der Waals surface area contributed by atoms with Gasteiger partial charge in [-0.05, 0) is 37.7 Å². The maximum Gasteiger partial charge on any atom is 0.306 e. The van der Waals surface area contributed by atoms with Crippen LogP contribution in [0.4, 0.5) is 0 Å². The van der Waals surface area contributed by atoms with Gasteiger partial charge in [-0.2, -0.15) is 0 Å². The van der Waals surface area contributed by atoms with Gasteiger partial charge >= 0.3 is 5.97 Å². The molecule has 5 nitrogen and oxygen atoms in total. The van der Waals surface area contributed by atoms with Crippen LogP contribution in [0.5, 0.6) is 5.75 Å². The Morgan fingerprint density at radius 1 is 0.967 bits per heavy atom. The molecule has 0 aliphatic heterocycles. The molecule has 0 bridgehead atoms. The first-order valence-corrected chi connectivity index (χ1v) is 11.3. The molecule has 0 aliphatic rings. The molecule has 0 N–H and O–H groups in total. The predicted octanol–water partition coefficient (Wildman–Crippen LogP) is 6.33. The van der Waals surface area contributed by atoms with E-state index in [0.29, 0.717) is 24.6 Å². The number of aromatic nitrogens is 2. The average Bonchev–Trinajstić information content (AvgIpc) is 2.75. The van der Waals surface area contributed by atoms with Crippen LogP contribution in [0.15, 0.2) is 36.7 Å². The molecule has 0 spiro atoms. The van der Waals surface area contributed by atoms with Gasteiger partial charge in [-0.3, -0.25) is 4.79 Å². The molecule has 1 aromatic carbocycles. The number of hydrogen-bond acceptors (Lipinski definition) is 5. The molecule has 0 saturated carbocycles. The van der Waals surface area contributed by atoms with E-state index in [-0.39, 0.29) is 18.0 Å². The highest BCUT2D eigenvalue weighted by molar-refractivity contribution is 5.70. The molecule has 2 rings (SSSR count). The Morgan fingerprint density at radius 2 is 1.67 bits per heavy atom. The van der Waals surface area contributed by atoms with Gasteiger partial charge in [0.1, 0.15) is 0 Å². The number of esters is 1. The van der Waals surface area contributed by atoms with Gasteiger partial charge in [-0.25, -0.2) is 9.97 Å². The van der Waals surface area contributed by atoms with Crippen molar-refractivity contribution in [3.63, 3.8) is 0 Å². The second kappa shape index (κ2) is 13.0. The van der Waals surface area contributed by atoms with Crippen LogP contribution in [0.2, 0.25) is 0 Å². The summed E-state index contributed by atoms with van der Waals surface area (Å²) in [5, 5.41) is 0. The Labute approximate surface area is 181 Å². The zero-order chi connectivity index (χ0) is 21.8. The number of rotatable bonds is 13. The molecule has 0 fully saturated rings. The highest BCUT2D eigenvalue weighted by atomic mass is 16.5. The molecule has 1 aromatic heterocycles. The average molecular weight is 413 g/mol. The van der Waals surface area contributed by atoms with E-state index in [9.17, 15) is 4.79 Å². The molecule has 0 saturated heterocycles. The number of carbonyl (C=O) groups excluding carboxylic acids is 1. The summed E-state index contributed by atoms with van der Waals surface area (Å²) in [4.78, 5) is 21.0. The molecule has 2 aromatic rings. The lowest BCUT2D eigenvalue weighted by Crippen LogP contribution is -2.16. The van der Waals surface area contributed by atoms with Gasteiger partial charge in [0.15, 0.2) is 11.6 Å². The molecule has 0 aliphatic carbocycles. The van der Waals surface area contributed by atoms with Crippen LogP contribution in [0.3, 0.4) is 0 Å². The molecule has 30 heavy (non-hydrogen) atoms. The maximum atomic E-state index is 12.3. The molecular formula is C25H36N2O3. The van der Waals surface area contributed by atoms with Crippen molar-refractivity contribution in [2.24, 2.45) is 0 Å². The first kappa shape index (κ1) is 23.8. The summed E-state index contributed by atoms with van der Waals surface area (Å²) in [6.45, 7) is 8.96. The molecule has 5 heteroatoms.